The third kappa shape index (κ3) is 2.75. The molecule has 0 radical (unpaired) electrons. The number of para-hydroxylation sites is 3. The fourth-order valence-electron chi connectivity index (χ4n) is 3.52. The normalized spacial score (nSPS) is 11.1. The maximum atomic E-state index is 6.53. The molecule has 2 nitrogen and oxygen atoms in total. The SMILES string of the molecule is Clc1cc(N(c2ccccc2)c2ccccc2)c2oc3ccccc3c2c1. The van der Waals surface area contributed by atoms with E-state index >= 15 is 0 Å². The Balaban J connectivity index is 1.85. The second-order valence-corrected chi connectivity index (χ2v) is 6.84. The monoisotopic (exact) mass is 369 g/mol. The minimum absolute atomic E-state index is 0.681. The quantitative estimate of drug-likeness (QED) is 0.324. The standard InChI is InChI=1S/C24H16ClNO/c25-17-15-21-20-13-7-8-14-23(20)27-24(21)22(16-17)26(18-9-3-1-4-10-18)19-11-5-2-6-12-19/h1-16H. The molecule has 130 valence electrons. The molecule has 0 saturated carbocycles. The molecule has 0 fully saturated rings. The van der Waals surface area contributed by atoms with E-state index in [1.165, 1.54) is 0 Å². The van der Waals surface area contributed by atoms with Crippen molar-refractivity contribution in [2.24, 2.45) is 0 Å². The molecule has 3 heteroatoms. The van der Waals surface area contributed by atoms with Gasteiger partial charge in [-0.2, -0.15) is 0 Å². The molecule has 5 rings (SSSR count). The number of hydrogen-bond acceptors (Lipinski definition) is 2. The van der Waals surface area contributed by atoms with Crippen molar-refractivity contribution in [3.8, 4) is 0 Å². The molecular formula is C24H16ClNO. The van der Waals surface area contributed by atoms with Crippen molar-refractivity contribution in [2.45, 2.75) is 0 Å². The van der Waals surface area contributed by atoms with Crippen LogP contribution in [0.1, 0.15) is 0 Å². The zero-order valence-corrected chi connectivity index (χ0v) is 15.2. The average molecular weight is 370 g/mol. The molecular weight excluding hydrogens is 354 g/mol. The molecule has 1 heterocycles. The lowest BCUT2D eigenvalue weighted by Crippen LogP contribution is -2.10. The summed E-state index contributed by atoms with van der Waals surface area (Å²) in [5.41, 5.74) is 4.71. The van der Waals surface area contributed by atoms with Crippen molar-refractivity contribution >= 4 is 50.6 Å². The van der Waals surface area contributed by atoms with Crippen molar-refractivity contribution in [3.05, 3.63) is 102 Å². The summed E-state index contributed by atoms with van der Waals surface area (Å²) in [4.78, 5) is 2.18. The first-order valence-corrected chi connectivity index (χ1v) is 9.20. The first-order chi connectivity index (χ1) is 13.3. The summed E-state index contributed by atoms with van der Waals surface area (Å²) < 4.78 is 6.26. The van der Waals surface area contributed by atoms with Crippen LogP contribution in [0.5, 0.6) is 0 Å². The largest absolute Gasteiger partial charge is 0.454 e. The summed E-state index contributed by atoms with van der Waals surface area (Å²) in [7, 11) is 0. The van der Waals surface area contributed by atoms with Crippen molar-refractivity contribution in [1.29, 1.82) is 0 Å². The van der Waals surface area contributed by atoms with Gasteiger partial charge in [0, 0.05) is 27.2 Å². The number of anilines is 3. The minimum atomic E-state index is 0.681. The highest BCUT2D eigenvalue weighted by molar-refractivity contribution is 6.32. The molecule has 0 bridgehead atoms. The Morgan fingerprint density at radius 1 is 0.630 bits per heavy atom. The van der Waals surface area contributed by atoms with Gasteiger partial charge in [0.05, 0.1) is 5.69 Å². The van der Waals surface area contributed by atoms with Gasteiger partial charge in [0.2, 0.25) is 0 Å². The molecule has 5 aromatic rings. The lowest BCUT2D eigenvalue weighted by atomic mass is 10.1. The fourth-order valence-corrected chi connectivity index (χ4v) is 3.73. The third-order valence-electron chi connectivity index (χ3n) is 4.69. The molecule has 0 unspecified atom stereocenters. The van der Waals surface area contributed by atoms with E-state index in [2.05, 4.69) is 35.2 Å². The zero-order chi connectivity index (χ0) is 18.2. The highest BCUT2D eigenvalue weighted by Crippen LogP contribution is 2.43. The maximum Gasteiger partial charge on any atom is 0.159 e. The van der Waals surface area contributed by atoms with Gasteiger partial charge < -0.3 is 9.32 Å². The van der Waals surface area contributed by atoms with Crippen molar-refractivity contribution in [1.82, 2.24) is 0 Å². The van der Waals surface area contributed by atoms with E-state index in [4.69, 9.17) is 16.0 Å². The Morgan fingerprint density at radius 2 is 1.22 bits per heavy atom. The molecule has 27 heavy (non-hydrogen) atoms. The fraction of sp³-hybridized carbons (Fsp3) is 0. The lowest BCUT2D eigenvalue weighted by molar-refractivity contribution is 0.669. The van der Waals surface area contributed by atoms with Gasteiger partial charge >= 0.3 is 0 Å². The Morgan fingerprint density at radius 3 is 1.89 bits per heavy atom. The molecule has 0 amide bonds. The van der Waals surface area contributed by atoms with E-state index in [0.717, 1.165) is 39.0 Å². The van der Waals surface area contributed by atoms with Crippen LogP contribution >= 0.6 is 11.6 Å². The second-order valence-electron chi connectivity index (χ2n) is 6.41. The first kappa shape index (κ1) is 16.0. The summed E-state index contributed by atoms with van der Waals surface area (Å²) in [6.07, 6.45) is 0. The number of benzene rings is 4. The van der Waals surface area contributed by atoms with Crippen LogP contribution in [0.4, 0.5) is 17.1 Å². The molecule has 0 aliphatic rings. The number of halogens is 1. The van der Waals surface area contributed by atoms with Crippen LogP contribution in [0.15, 0.2) is 101 Å². The average Bonchev–Trinajstić information content (AvgIpc) is 3.09. The van der Waals surface area contributed by atoms with Crippen LogP contribution in [0, 0.1) is 0 Å². The van der Waals surface area contributed by atoms with Crippen LogP contribution < -0.4 is 4.90 Å². The predicted molar refractivity (Wildman–Crippen MR) is 113 cm³/mol. The Hall–Kier alpha value is -3.23. The molecule has 0 N–H and O–H groups in total. The lowest BCUT2D eigenvalue weighted by Gasteiger charge is -2.25. The minimum Gasteiger partial charge on any atom is -0.454 e. The number of furan rings is 1. The van der Waals surface area contributed by atoms with Gasteiger partial charge in [-0.15, -0.1) is 0 Å². The van der Waals surface area contributed by atoms with E-state index in [0.29, 0.717) is 5.02 Å². The predicted octanol–water partition coefficient (Wildman–Crippen LogP) is 7.71. The molecule has 0 spiro atoms. The zero-order valence-electron chi connectivity index (χ0n) is 14.5. The Bertz CT molecular complexity index is 1190. The number of fused-ring (bicyclic) bond motifs is 3. The van der Waals surface area contributed by atoms with Gasteiger partial charge in [-0.25, -0.2) is 0 Å². The molecule has 0 saturated heterocycles. The maximum absolute atomic E-state index is 6.53. The van der Waals surface area contributed by atoms with Crippen LogP contribution in [0.3, 0.4) is 0 Å². The summed E-state index contributed by atoms with van der Waals surface area (Å²) in [5.74, 6) is 0. The Kier molecular flexibility index (Phi) is 3.84. The number of rotatable bonds is 3. The number of hydrogen-bond donors (Lipinski definition) is 0. The summed E-state index contributed by atoms with van der Waals surface area (Å²) >= 11 is 6.53. The molecule has 4 aromatic carbocycles. The molecule has 0 atom stereocenters. The third-order valence-corrected chi connectivity index (χ3v) is 4.91. The van der Waals surface area contributed by atoms with Crippen LogP contribution in [0.2, 0.25) is 5.02 Å². The Labute approximate surface area is 162 Å². The molecule has 0 aliphatic heterocycles. The van der Waals surface area contributed by atoms with Crippen LogP contribution in [-0.2, 0) is 0 Å². The number of nitrogens with zero attached hydrogens (tertiary/aromatic N) is 1. The van der Waals surface area contributed by atoms with Gasteiger partial charge in [0.15, 0.2) is 5.58 Å². The molecule has 0 aliphatic carbocycles. The van der Waals surface area contributed by atoms with Crippen LogP contribution in [0.25, 0.3) is 21.9 Å². The smallest absolute Gasteiger partial charge is 0.159 e. The second kappa shape index (κ2) is 6.49. The van der Waals surface area contributed by atoms with E-state index in [1.54, 1.807) is 0 Å². The van der Waals surface area contributed by atoms with Gasteiger partial charge in [0.25, 0.3) is 0 Å². The van der Waals surface area contributed by atoms with Gasteiger partial charge in [-0.3, -0.25) is 0 Å². The van der Waals surface area contributed by atoms with Crippen LogP contribution in [-0.4, -0.2) is 0 Å². The highest BCUT2D eigenvalue weighted by atomic mass is 35.5. The van der Waals surface area contributed by atoms with Crippen molar-refractivity contribution < 1.29 is 4.42 Å². The van der Waals surface area contributed by atoms with Crippen molar-refractivity contribution in [3.63, 3.8) is 0 Å². The molecule has 1 aromatic heterocycles. The summed E-state index contributed by atoms with van der Waals surface area (Å²) in [6.45, 7) is 0. The van der Waals surface area contributed by atoms with E-state index in [1.807, 2.05) is 66.7 Å². The highest BCUT2D eigenvalue weighted by Gasteiger charge is 2.19. The van der Waals surface area contributed by atoms with Gasteiger partial charge in [-0.05, 0) is 42.5 Å². The summed E-state index contributed by atoms with van der Waals surface area (Å²) in [6, 6.07) is 32.5. The van der Waals surface area contributed by atoms with Gasteiger partial charge in [-0.1, -0.05) is 66.2 Å². The van der Waals surface area contributed by atoms with E-state index in [9.17, 15) is 0 Å². The summed E-state index contributed by atoms with van der Waals surface area (Å²) in [5, 5.41) is 2.77. The van der Waals surface area contributed by atoms with E-state index < -0.39 is 0 Å². The topological polar surface area (TPSA) is 16.4 Å². The van der Waals surface area contributed by atoms with E-state index in [-0.39, 0.29) is 0 Å². The first-order valence-electron chi connectivity index (χ1n) is 8.82. The van der Waals surface area contributed by atoms with Gasteiger partial charge in [0.1, 0.15) is 5.58 Å². The van der Waals surface area contributed by atoms with Crippen molar-refractivity contribution in [2.75, 3.05) is 4.90 Å².